The van der Waals surface area contributed by atoms with Gasteiger partial charge in [-0.15, -0.1) is 0 Å². The number of para-hydroxylation sites is 2. The highest BCUT2D eigenvalue weighted by Gasteiger charge is 2.20. The second-order valence-electron chi connectivity index (χ2n) is 5.65. The molecule has 29 heavy (non-hydrogen) atoms. The Morgan fingerprint density at radius 2 is 1.76 bits per heavy atom. The minimum atomic E-state index is -0.715. The van der Waals surface area contributed by atoms with Gasteiger partial charge in [-0.25, -0.2) is 0 Å². The van der Waals surface area contributed by atoms with Crippen LogP contribution in [0.4, 0.5) is 17.1 Å². The van der Waals surface area contributed by atoms with Crippen molar-refractivity contribution in [3.05, 3.63) is 91.4 Å². The number of rotatable bonds is 7. The number of furan rings is 1. The average molecular weight is 418 g/mol. The molecule has 2 aromatic carbocycles. The minimum Gasteiger partial charge on any atom is -0.479 e. The van der Waals surface area contributed by atoms with Crippen LogP contribution in [0.1, 0.15) is 16.3 Å². The number of carbonyl (C=O) groups is 1. The number of anilines is 1. The molecule has 0 unspecified atom stereocenters. The quantitative estimate of drug-likeness (QED) is 0.438. The first kappa shape index (κ1) is 19.8. The van der Waals surface area contributed by atoms with Gasteiger partial charge in [0, 0.05) is 17.2 Å². The zero-order chi connectivity index (χ0) is 21.0. The van der Waals surface area contributed by atoms with E-state index < -0.39 is 15.8 Å². The zero-order valence-electron chi connectivity index (χ0n) is 14.5. The molecule has 0 aliphatic carbocycles. The van der Waals surface area contributed by atoms with E-state index in [0.717, 1.165) is 6.07 Å². The Morgan fingerprint density at radius 3 is 2.48 bits per heavy atom. The van der Waals surface area contributed by atoms with Gasteiger partial charge in [-0.1, -0.05) is 23.7 Å². The Kier molecular flexibility index (Phi) is 5.74. The third-order valence-electron chi connectivity index (χ3n) is 3.72. The highest BCUT2D eigenvalue weighted by atomic mass is 35.5. The fraction of sp³-hybridized carbons (Fsp3) is 0.0556. The van der Waals surface area contributed by atoms with Crippen LogP contribution in [0.3, 0.4) is 0 Å². The molecule has 3 aromatic rings. The summed E-state index contributed by atoms with van der Waals surface area (Å²) >= 11 is 5.74. The lowest BCUT2D eigenvalue weighted by molar-refractivity contribution is -0.386. The third kappa shape index (κ3) is 4.68. The number of nitrogens with zero attached hydrogens (tertiary/aromatic N) is 2. The van der Waals surface area contributed by atoms with Crippen molar-refractivity contribution in [1.29, 1.82) is 0 Å². The zero-order valence-corrected chi connectivity index (χ0v) is 15.3. The van der Waals surface area contributed by atoms with Gasteiger partial charge in [0.15, 0.2) is 11.5 Å². The molecule has 0 atom stereocenters. The van der Waals surface area contributed by atoms with Crippen LogP contribution < -0.4 is 10.1 Å². The minimum absolute atomic E-state index is 0.0430. The van der Waals surface area contributed by atoms with Crippen molar-refractivity contribution in [2.24, 2.45) is 0 Å². The predicted octanol–water partition coefficient (Wildman–Crippen LogP) is 4.58. The first-order valence-electron chi connectivity index (χ1n) is 8.05. The molecule has 0 bridgehead atoms. The first-order chi connectivity index (χ1) is 13.8. The fourth-order valence-electron chi connectivity index (χ4n) is 2.40. The monoisotopic (exact) mass is 417 g/mol. The van der Waals surface area contributed by atoms with Crippen molar-refractivity contribution in [1.82, 2.24) is 0 Å². The number of nitrogens with one attached hydrogen (secondary N) is 1. The van der Waals surface area contributed by atoms with E-state index in [0.29, 0.717) is 0 Å². The van der Waals surface area contributed by atoms with E-state index in [9.17, 15) is 25.0 Å². The number of carbonyl (C=O) groups excluding carboxylic acids is 1. The largest absolute Gasteiger partial charge is 0.479 e. The summed E-state index contributed by atoms with van der Waals surface area (Å²) in [5, 5.41) is 24.6. The van der Waals surface area contributed by atoms with Crippen molar-refractivity contribution < 1.29 is 23.8 Å². The van der Waals surface area contributed by atoms with Crippen molar-refractivity contribution in [3.8, 4) is 5.75 Å². The number of ether oxygens (including phenoxy) is 1. The van der Waals surface area contributed by atoms with Crippen LogP contribution in [0.25, 0.3) is 0 Å². The Hall–Kier alpha value is -3.92. The van der Waals surface area contributed by atoms with Gasteiger partial charge in [0.1, 0.15) is 18.1 Å². The maximum Gasteiger partial charge on any atom is 0.310 e. The van der Waals surface area contributed by atoms with E-state index in [4.69, 9.17) is 20.8 Å². The molecule has 148 valence electrons. The summed E-state index contributed by atoms with van der Waals surface area (Å²) < 4.78 is 10.7. The SMILES string of the molecule is O=C(Nc1ccc(Cl)cc1[N+](=O)[O-])c1ccc(COc2ccccc2[N+](=O)[O-])o1. The Balaban J connectivity index is 1.70. The van der Waals surface area contributed by atoms with E-state index >= 15 is 0 Å². The second-order valence-corrected chi connectivity index (χ2v) is 6.09. The number of halogens is 1. The summed E-state index contributed by atoms with van der Waals surface area (Å²) in [7, 11) is 0. The molecule has 11 heteroatoms. The molecule has 10 nitrogen and oxygen atoms in total. The van der Waals surface area contributed by atoms with Crippen molar-refractivity contribution in [2.75, 3.05) is 5.32 Å². The van der Waals surface area contributed by atoms with Crippen molar-refractivity contribution in [3.63, 3.8) is 0 Å². The van der Waals surface area contributed by atoms with Crippen LogP contribution in [0.2, 0.25) is 5.02 Å². The third-order valence-corrected chi connectivity index (χ3v) is 3.96. The summed E-state index contributed by atoms with van der Waals surface area (Å²) in [6.45, 7) is -0.154. The molecule has 1 aromatic heterocycles. The van der Waals surface area contributed by atoms with Gasteiger partial charge < -0.3 is 14.5 Å². The van der Waals surface area contributed by atoms with Gasteiger partial charge in [0.2, 0.25) is 0 Å². The van der Waals surface area contributed by atoms with E-state index in [1.165, 1.54) is 42.5 Å². The molecular formula is C18H12ClN3O7. The summed E-state index contributed by atoms with van der Waals surface area (Å²) in [4.78, 5) is 33.2. The molecule has 0 fully saturated rings. The van der Waals surface area contributed by atoms with Gasteiger partial charge >= 0.3 is 5.69 Å². The number of nitro groups is 2. The number of hydrogen-bond donors (Lipinski definition) is 1. The summed E-state index contributed by atoms with van der Waals surface area (Å²) in [6, 6.07) is 12.5. The Bertz CT molecular complexity index is 1100. The highest BCUT2D eigenvalue weighted by molar-refractivity contribution is 6.31. The van der Waals surface area contributed by atoms with Gasteiger partial charge in [-0.3, -0.25) is 25.0 Å². The summed E-state index contributed by atoms with van der Waals surface area (Å²) in [5.74, 6) is -0.543. The molecule has 3 rings (SSSR count). The fourth-order valence-corrected chi connectivity index (χ4v) is 2.57. The molecule has 1 amide bonds. The molecule has 0 radical (unpaired) electrons. The summed E-state index contributed by atoms with van der Waals surface area (Å²) in [5.41, 5.74) is -0.608. The molecule has 0 spiro atoms. The van der Waals surface area contributed by atoms with Crippen LogP contribution >= 0.6 is 11.6 Å². The molecule has 0 saturated carbocycles. The van der Waals surface area contributed by atoms with Crippen molar-refractivity contribution in [2.45, 2.75) is 6.61 Å². The topological polar surface area (TPSA) is 138 Å². The standard InChI is InChI=1S/C18H12ClN3O7/c19-11-5-7-13(15(9-11)22(26)27)20-18(23)17-8-6-12(29-17)10-28-16-4-2-1-3-14(16)21(24)25/h1-9H,10H2,(H,20,23). The number of benzene rings is 2. The van der Waals surface area contributed by atoms with Gasteiger partial charge in [-0.05, 0) is 30.3 Å². The normalized spacial score (nSPS) is 10.4. The predicted molar refractivity (Wildman–Crippen MR) is 102 cm³/mol. The maximum absolute atomic E-state index is 12.3. The Morgan fingerprint density at radius 1 is 1.03 bits per heavy atom. The summed E-state index contributed by atoms with van der Waals surface area (Å²) in [6.07, 6.45) is 0. The van der Waals surface area contributed by atoms with E-state index in [1.54, 1.807) is 6.07 Å². The Labute approximate surface area is 168 Å². The molecule has 0 aliphatic heterocycles. The van der Waals surface area contributed by atoms with Gasteiger partial charge in [0.05, 0.1) is 9.85 Å². The molecule has 0 aliphatic rings. The van der Waals surface area contributed by atoms with E-state index in [1.807, 2.05) is 0 Å². The van der Waals surface area contributed by atoms with Crippen LogP contribution in [0, 0.1) is 20.2 Å². The lowest BCUT2D eigenvalue weighted by Crippen LogP contribution is -2.12. The second kappa shape index (κ2) is 8.40. The van der Waals surface area contributed by atoms with E-state index in [2.05, 4.69) is 5.32 Å². The van der Waals surface area contributed by atoms with Crippen LogP contribution in [-0.4, -0.2) is 15.8 Å². The molecule has 0 saturated heterocycles. The lowest BCUT2D eigenvalue weighted by atomic mass is 10.2. The smallest absolute Gasteiger partial charge is 0.310 e. The maximum atomic E-state index is 12.3. The van der Waals surface area contributed by atoms with Gasteiger partial charge in [-0.2, -0.15) is 0 Å². The van der Waals surface area contributed by atoms with Crippen LogP contribution in [0.15, 0.2) is 59.0 Å². The van der Waals surface area contributed by atoms with Crippen LogP contribution in [0.5, 0.6) is 5.75 Å². The van der Waals surface area contributed by atoms with Crippen molar-refractivity contribution >= 4 is 34.6 Å². The number of nitro benzene ring substituents is 2. The highest BCUT2D eigenvalue weighted by Crippen LogP contribution is 2.29. The van der Waals surface area contributed by atoms with Gasteiger partial charge in [0.25, 0.3) is 11.6 Å². The van der Waals surface area contributed by atoms with E-state index in [-0.39, 0.29) is 46.0 Å². The lowest BCUT2D eigenvalue weighted by Gasteiger charge is -2.05. The average Bonchev–Trinajstić information content (AvgIpc) is 3.17. The number of hydrogen-bond acceptors (Lipinski definition) is 7. The molecule has 1 N–H and O–H groups in total. The number of amides is 1. The molecular weight excluding hydrogens is 406 g/mol. The van der Waals surface area contributed by atoms with Crippen LogP contribution in [-0.2, 0) is 6.61 Å². The first-order valence-corrected chi connectivity index (χ1v) is 8.43. The molecule has 1 heterocycles.